The fraction of sp³-hybridized carbons (Fsp3) is 0.111. The van der Waals surface area contributed by atoms with Crippen molar-refractivity contribution in [1.29, 1.82) is 0 Å². The lowest BCUT2D eigenvalue weighted by Gasteiger charge is -2.16. The Morgan fingerprint density at radius 3 is 2.56 bits per heavy atom. The minimum Gasteiger partial charge on any atom is -0.351 e. The molecule has 3 N–H and O–H groups in total. The summed E-state index contributed by atoms with van der Waals surface area (Å²) in [5, 5.41) is 2.37. The van der Waals surface area contributed by atoms with E-state index < -0.39 is 17.2 Å². The van der Waals surface area contributed by atoms with Gasteiger partial charge in [-0.2, -0.15) is 0 Å². The van der Waals surface area contributed by atoms with E-state index in [4.69, 9.17) is 17.3 Å². The van der Waals surface area contributed by atoms with Crippen LogP contribution in [0.1, 0.15) is 6.92 Å². The van der Waals surface area contributed by atoms with Gasteiger partial charge in [0.1, 0.15) is 0 Å². The van der Waals surface area contributed by atoms with Crippen LogP contribution in [-0.4, -0.2) is 26.7 Å². The van der Waals surface area contributed by atoms with Gasteiger partial charge in [0.15, 0.2) is 5.16 Å². The van der Waals surface area contributed by atoms with Gasteiger partial charge < -0.3 is 5.73 Å². The molecule has 0 spiro atoms. The molecule has 3 rings (SSSR count). The van der Waals surface area contributed by atoms with Crippen molar-refractivity contribution in [2.75, 3.05) is 0 Å². The molecule has 2 aromatic carbocycles. The van der Waals surface area contributed by atoms with Gasteiger partial charge >= 0.3 is 6.03 Å². The molecule has 0 aliphatic rings. The van der Waals surface area contributed by atoms with Crippen molar-refractivity contribution < 1.29 is 9.59 Å². The Morgan fingerprint density at radius 1 is 1.19 bits per heavy atom. The monoisotopic (exact) mass is 402 g/mol. The molecule has 3 aromatic rings. The maximum Gasteiger partial charge on any atom is 0.318 e. The van der Waals surface area contributed by atoms with Gasteiger partial charge in [0.05, 0.1) is 26.9 Å². The number of nitrogens with zero attached hydrogens (tertiary/aromatic N) is 2. The Labute approximate surface area is 163 Å². The number of halogens is 1. The van der Waals surface area contributed by atoms with E-state index in [-0.39, 0.29) is 10.7 Å². The third kappa shape index (κ3) is 3.96. The van der Waals surface area contributed by atoms with Crippen molar-refractivity contribution in [3.8, 4) is 5.69 Å². The third-order valence-electron chi connectivity index (χ3n) is 3.74. The highest BCUT2D eigenvalue weighted by Gasteiger charge is 2.21. The van der Waals surface area contributed by atoms with Crippen LogP contribution in [0.15, 0.2) is 58.5 Å². The number of nitrogens with one attached hydrogen (secondary N) is 1. The molecule has 0 saturated heterocycles. The number of para-hydroxylation sites is 2. The van der Waals surface area contributed by atoms with E-state index in [0.29, 0.717) is 21.6 Å². The topological polar surface area (TPSA) is 107 Å². The van der Waals surface area contributed by atoms with Crippen LogP contribution in [0.3, 0.4) is 0 Å². The van der Waals surface area contributed by atoms with E-state index in [9.17, 15) is 14.4 Å². The normalized spacial score (nSPS) is 11.9. The van der Waals surface area contributed by atoms with Crippen molar-refractivity contribution in [1.82, 2.24) is 14.9 Å². The first-order chi connectivity index (χ1) is 12.9. The zero-order valence-corrected chi connectivity index (χ0v) is 15.8. The molecule has 0 saturated carbocycles. The Morgan fingerprint density at radius 2 is 1.85 bits per heavy atom. The Kier molecular flexibility index (Phi) is 5.48. The summed E-state index contributed by atoms with van der Waals surface area (Å²) >= 11 is 7.31. The fourth-order valence-electron chi connectivity index (χ4n) is 2.47. The number of amides is 3. The summed E-state index contributed by atoms with van der Waals surface area (Å²) in [5.74, 6) is -0.583. The molecule has 0 radical (unpaired) electrons. The zero-order valence-electron chi connectivity index (χ0n) is 14.2. The van der Waals surface area contributed by atoms with Crippen LogP contribution in [0.25, 0.3) is 16.6 Å². The van der Waals surface area contributed by atoms with Crippen LogP contribution in [0.4, 0.5) is 4.79 Å². The summed E-state index contributed by atoms with van der Waals surface area (Å²) in [6.07, 6.45) is 0. The standard InChI is InChI=1S/C18H15ClN4O3S/c1-10(15(24)22-17(20)26)27-18-21-13-8-4-2-6-11(13)16(25)23(18)14-9-5-3-7-12(14)19/h2-10H,1H3,(H3,20,22,24,26)/t10-/m1/s1. The number of benzene rings is 2. The predicted octanol–water partition coefficient (Wildman–Crippen LogP) is 2.71. The number of imide groups is 1. The highest BCUT2D eigenvalue weighted by molar-refractivity contribution is 8.00. The maximum absolute atomic E-state index is 13.1. The minimum atomic E-state index is -0.942. The van der Waals surface area contributed by atoms with Crippen molar-refractivity contribution in [2.45, 2.75) is 17.3 Å². The SMILES string of the molecule is C[C@@H](Sc1nc2ccccc2c(=O)n1-c1ccccc1Cl)C(=O)NC(N)=O. The van der Waals surface area contributed by atoms with Crippen molar-refractivity contribution in [2.24, 2.45) is 5.73 Å². The zero-order chi connectivity index (χ0) is 19.6. The number of hydrogen-bond acceptors (Lipinski definition) is 5. The maximum atomic E-state index is 13.1. The number of primary amides is 1. The number of nitrogens with two attached hydrogens (primary N) is 1. The summed E-state index contributed by atoms with van der Waals surface area (Å²) in [6, 6.07) is 12.8. The second kappa shape index (κ2) is 7.81. The van der Waals surface area contributed by atoms with Gasteiger partial charge in [0, 0.05) is 0 Å². The molecule has 27 heavy (non-hydrogen) atoms. The molecule has 1 aromatic heterocycles. The lowest BCUT2D eigenvalue weighted by molar-refractivity contribution is -0.119. The molecule has 9 heteroatoms. The highest BCUT2D eigenvalue weighted by atomic mass is 35.5. The van der Waals surface area contributed by atoms with Crippen LogP contribution in [0, 0.1) is 0 Å². The van der Waals surface area contributed by atoms with E-state index in [0.717, 1.165) is 11.8 Å². The average Bonchev–Trinajstić information content (AvgIpc) is 2.62. The van der Waals surface area contributed by atoms with E-state index in [1.54, 1.807) is 55.5 Å². The molecule has 7 nitrogen and oxygen atoms in total. The van der Waals surface area contributed by atoms with Gasteiger partial charge in [0.2, 0.25) is 5.91 Å². The predicted molar refractivity (Wildman–Crippen MR) is 105 cm³/mol. The number of fused-ring (bicyclic) bond motifs is 1. The van der Waals surface area contributed by atoms with Crippen molar-refractivity contribution in [3.63, 3.8) is 0 Å². The second-order valence-corrected chi connectivity index (χ2v) is 7.33. The lowest BCUT2D eigenvalue weighted by atomic mass is 10.2. The first-order valence-electron chi connectivity index (χ1n) is 7.92. The molecule has 0 aliphatic carbocycles. The fourth-order valence-corrected chi connectivity index (χ4v) is 3.61. The molecule has 138 valence electrons. The largest absolute Gasteiger partial charge is 0.351 e. The van der Waals surface area contributed by atoms with Crippen LogP contribution in [0.5, 0.6) is 0 Å². The molecule has 1 heterocycles. The number of thioether (sulfide) groups is 1. The molecule has 0 bridgehead atoms. The summed E-state index contributed by atoms with van der Waals surface area (Å²) in [7, 11) is 0. The van der Waals surface area contributed by atoms with E-state index >= 15 is 0 Å². The minimum absolute atomic E-state index is 0.277. The first-order valence-corrected chi connectivity index (χ1v) is 9.18. The third-order valence-corrected chi connectivity index (χ3v) is 5.11. The number of carbonyl (C=O) groups is 2. The summed E-state index contributed by atoms with van der Waals surface area (Å²) < 4.78 is 1.36. The molecule has 1 atom stereocenters. The Hall–Kier alpha value is -2.84. The van der Waals surface area contributed by atoms with E-state index in [2.05, 4.69) is 4.98 Å². The van der Waals surface area contributed by atoms with Crippen molar-refractivity contribution >= 4 is 46.2 Å². The molecule has 0 unspecified atom stereocenters. The van der Waals surface area contributed by atoms with Gasteiger partial charge in [-0.05, 0) is 31.2 Å². The van der Waals surface area contributed by atoms with Crippen LogP contribution in [-0.2, 0) is 4.79 Å². The van der Waals surface area contributed by atoms with Crippen molar-refractivity contribution in [3.05, 3.63) is 63.9 Å². The van der Waals surface area contributed by atoms with Gasteiger partial charge in [0.25, 0.3) is 5.56 Å². The van der Waals surface area contributed by atoms with Gasteiger partial charge in [-0.25, -0.2) is 9.78 Å². The average molecular weight is 403 g/mol. The molecule has 0 aliphatic heterocycles. The van der Waals surface area contributed by atoms with E-state index in [1.807, 2.05) is 5.32 Å². The number of aromatic nitrogens is 2. The Balaban J connectivity index is 2.17. The van der Waals surface area contributed by atoms with Crippen LogP contribution < -0.4 is 16.6 Å². The molecule has 3 amide bonds. The summed E-state index contributed by atoms with van der Waals surface area (Å²) in [5.41, 5.74) is 5.64. The van der Waals surface area contributed by atoms with Gasteiger partial charge in [-0.1, -0.05) is 47.6 Å². The number of urea groups is 1. The van der Waals surface area contributed by atoms with Gasteiger partial charge in [-0.15, -0.1) is 0 Å². The summed E-state index contributed by atoms with van der Waals surface area (Å²) in [4.78, 5) is 40.6. The quantitative estimate of drug-likeness (QED) is 0.515. The molecule has 0 fully saturated rings. The highest BCUT2D eigenvalue weighted by Crippen LogP contribution is 2.28. The second-order valence-electron chi connectivity index (χ2n) is 5.62. The summed E-state index contributed by atoms with van der Waals surface area (Å²) in [6.45, 7) is 1.58. The lowest BCUT2D eigenvalue weighted by Crippen LogP contribution is -2.39. The van der Waals surface area contributed by atoms with Crippen LogP contribution in [0.2, 0.25) is 5.02 Å². The van der Waals surface area contributed by atoms with Crippen LogP contribution >= 0.6 is 23.4 Å². The smallest absolute Gasteiger partial charge is 0.318 e. The number of hydrogen-bond donors (Lipinski definition) is 2. The number of carbonyl (C=O) groups excluding carboxylic acids is 2. The molecular weight excluding hydrogens is 388 g/mol. The number of rotatable bonds is 4. The Bertz CT molecular complexity index is 1100. The first kappa shape index (κ1) is 18.9. The molecular formula is C18H15ClN4O3S. The van der Waals surface area contributed by atoms with E-state index in [1.165, 1.54) is 4.57 Å². The van der Waals surface area contributed by atoms with Gasteiger partial charge in [-0.3, -0.25) is 19.5 Å².